The van der Waals surface area contributed by atoms with Crippen LogP contribution in [0.1, 0.15) is 162 Å². The highest BCUT2D eigenvalue weighted by atomic mass is 16.5. The maximum Gasteiger partial charge on any atom is 0.306 e. The Morgan fingerprint density at radius 1 is 0.575 bits per heavy atom. The van der Waals surface area contributed by atoms with E-state index < -0.39 is 0 Å². The van der Waals surface area contributed by atoms with Crippen LogP contribution in [0.25, 0.3) is 0 Å². The van der Waals surface area contributed by atoms with E-state index in [9.17, 15) is 4.79 Å². The average molecular weight is 560 g/mol. The number of esters is 1. The van der Waals surface area contributed by atoms with E-state index in [-0.39, 0.29) is 12.1 Å². The molecular formula is C37H69NO2. The molecule has 0 aromatic carbocycles. The first-order valence-electron chi connectivity index (χ1n) is 17.3. The first-order valence-corrected chi connectivity index (χ1v) is 17.3. The molecule has 1 atom stereocenters. The third kappa shape index (κ3) is 26.9. The zero-order chi connectivity index (χ0) is 29.5. The number of hydrogen-bond acceptors (Lipinski definition) is 3. The van der Waals surface area contributed by atoms with Crippen molar-refractivity contribution < 1.29 is 9.53 Å². The minimum atomic E-state index is -0.0123. The zero-order valence-corrected chi connectivity index (χ0v) is 27.6. The first kappa shape index (κ1) is 38.6. The molecule has 0 bridgehead atoms. The fraction of sp³-hybridized carbons (Fsp3) is 0.811. The molecule has 0 rings (SSSR count). The van der Waals surface area contributed by atoms with Crippen LogP contribution in [-0.2, 0) is 9.53 Å². The molecule has 3 nitrogen and oxygen atoms in total. The van der Waals surface area contributed by atoms with E-state index in [1.165, 1.54) is 89.9 Å². The topological polar surface area (TPSA) is 29.5 Å². The molecule has 3 heteroatoms. The largest absolute Gasteiger partial charge is 0.462 e. The molecule has 0 saturated heterocycles. The summed E-state index contributed by atoms with van der Waals surface area (Å²) in [6.07, 6.45) is 39.8. The van der Waals surface area contributed by atoms with E-state index in [1.54, 1.807) is 0 Å². The summed E-state index contributed by atoms with van der Waals surface area (Å²) in [7, 11) is 4.12. The second-order valence-corrected chi connectivity index (χ2v) is 12.0. The van der Waals surface area contributed by atoms with Crippen molar-refractivity contribution in [1.29, 1.82) is 0 Å². The van der Waals surface area contributed by atoms with Gasteiger partial charge in [0.1, 0.15) is 6.10 Å². The van der Waals surface area contributed by atoms with Crippen LogP contribution >= 0.6 is 0 Å². The molecule has 0 radical (unpaired) electrons. The van der Waals surface area contributed by atoms with E-state index in [0.29, 0.717) is 12.3 Å². The Bertz CT molecular complexity index is 596. The molecule has 234 valence electrons. The Labute approximate surface area is 251 Å². The van der Waals surface area contributed by atoms with Crippen molar-refractivity contribution in [3.8, 4) is 0 Å². The van der Waals surface area contributed by atoms with Crippen LogP contribution in [0, 0.1) is 5.92 Å². The van der Waals surface area contributed by atoms with Gasteiger partial charge in [0.2, 0.25) is 0 Å². The molecule has 40 heavy (non-hydrogen) atoms. The van der Waals surface area contributed by atoms with Gasteiger partial charge in [-0.15, -0.1) is 0 Å². The summed E-state index contributed by atoms with van der Waals surface area (Å²) in [5.74, 6) is 0.405. The Morgan fingerprint density at radius 3 is 1.48 bits per heavy atom. The zero-order valence-electron chi connectivity index (χ0n) is 27.6. The summed E-state index contributed by atoms with van der Waals surface area (Å²) in [4.78, 5) is 15.0. The normalized spacial score (nSPS) is 13.1. The van der Waals surface area contributed by atoms with Gasteiger partial charge in [-0.3, -0.25) is 4.79 Å². The van der Waals surface area contributed by atoms with Crippen molar-refractivity contribution in [2.45, 2.75) is 168 Å². The van der Waals surface area contributed by atoms with Gasteiger partial charge in [-0.05, 0) is 110 Å². The minimum absolute atomic E-state index is 0.0123. The van der Waals surface area contributed by atoms with Gasteiger partial charge < -0.3 is 9.64 Å². The Morgan fingerprint density at radius 2 is 1.00 bits per heavy atom. The highest BCUT2D eigenvalue weighted by molar-refractivity contribution is 5.69. The monoisotopic (exact) mass is 560 g/mol. The van der Waals surface area contributed by atoms with Gasteiger partial charge in [-0.2, -0.15) is 0 Å². The summed E-state index contributed by atoms with van der Waals surface area (Å²) in [6, 6.07) is 0. The second-order valence-electron chi connectivity index (χ2n) is 12.0. The van der Waals surface area contributed by atoms with Crippen LogP contribution < -0.4 is 0 Å². The van der Waals surface area contributed by atoms with E-state index in [0.717, 1.165) is 51.5 Å². The summed E-state index contributed by atoms with van der Waals surface area (Å²) in [5.41, 5.74) is 0. The highest BCUT2D eigenvalue weighted by Crippen LogP contribution is 2.26. The third-order valence-corrected chi connectivity index (χ3v) is 7.74. The Hall–Kier alpha value is -1.35. The van der Waals surface area contributed by atoms with Gasteiger partial charge in [-0.1, -0.05) is 109 Å². The molecule has 0 aliphatic heterocycles. The lowest BCUT2D eigenvalue weighted by atomic mass is 9.88. The van der Waals surface area contributed by atoms with Gasteiger partial charge in [0.15, 0.2) is 0 Å². The lowest BCUT2D eigenvalue weighted by Crippen LogP contribution is -2.27. The van der Waals surface area contributed by atoms with Crippen molar-refractivity contribution in [3.05, 3.63) is 36.5 Å². The molecule has 0 aliphatic rings. The average Bonchev–Trinajstić information content (AvgIpc) is 2.93. The van der Waals surface area contributed by atoms with Crippen molar-refractivity contribution in [2.75, 3.05) is 20.6 Å². The summed E-state index contributed by atoms with van der Waals surface area (Å²) in [5, 5.41) is 0. The number of ether oxygens (including phenoxy) is 1. The lowest BCUT2D eigenvalue weighted by Gasteiger charge is -2.27. The highest BCUT2D eigenvalue weighted by Gasteiger charge is 2.24. The van der Waals surface area contributed by atoms with Gasteiger partial charge >= 0.3 is 5.97 Å². The second kappa shape index (κ2) is 30.6. The van der Waals surface area contributed by atoms with E-state index in [1.807, 2.05) is 0 Å². The Balaban J connectivity index is 5.15. The van der Waals surface area contributed by atoms with Crippen LogP contribution in [-0.4, -0.2) is 37.6 Å². The lowest BCUT2D eigenvalue weighted by molar-refractivity contribution is -0.152. The number of carbonyl (C=O) groups is 1. The molecule has 0 aromatic rings. The minimum Gasteiger partial charge on any atom is -0.462 e. The molecule has 0 saturated carbocycles. The molecule has 1 unspecified atom stereocenters. The molecule has 0 aromatic heterocycles. The van der Waals surface area contributed by atoms with Crippen molar-refractivity contribution in [3.63, 3.8) is 0 Å². The smallest absolute Gasteiger partial charge is 0.306 e. The number of rotatable bonds is 29. The number of carbonyl (C=O) groups excluding carboxylic acids is 1. The first-order chi connectivity index (χ1) is 19.5. The predicted octanol–water partition coefficient (Wildman–Crippen LogP) is 11.4. The third-order valence-electron chi connectivity index (χ3n) is 7.74. The summed E-state index contributed by atoms with van der Waals surface area (Å²) < 4.78 is 6.25. The van der Waals surface area contributed by atoms with Gasteiger partial charge in [0.25, 0.3) is 0 Å². The predicted molar refractivity (Wildman–Crippen MR) is 178 cm³/mol. The molecular weight excluding hydrogens is 490 g/mol. The maximum absolute atomic E-state index is 12.9. The van der Waals surface area contributed by atoms with Crippen LogP contribution in [0.3, 0.4) is 0 Å². The molecule has 0 amide bonds. The van der Waals surface area contributed by atoms with E-state index in [4.69, 9.17) is 4.74 Å². The SMILES string of the molecule is CCCCC/C=C/CCC(OC(=O)CCCN(C)C)C(CC/C=C/CCCCCC)CC/C=C/CCCCCC. The fourth-order valence-corrected chi connectivity index (χ4v) is 5.15. The van der Waals surface area contributed by atoms with Gasteiger partial charge in [0.05, 0.1) is 0 Å². The van der Waals surface area contributed by atoms with E-state index >= 15 is 0 Å². The Kier molecular flexibility index (Phi) is 29.6. The quantitative estimate of drug-likeness (QED) is 0.0518. The number of nitrogens with zero attached hydrogens (tertiary/aromatic N) is 1. The number of hydrogen-bond donors (Lipinski definition) is 0. The van der Waals surface area contributed by atoms with Crippen LogP contribution in [0.2, 0.25) is 0 Å². The van der Waals surface area contributed by atoms with Gasteiger partial charge in [-0.25, -0.2) is 0 Å². The van der Waals surface area contributed by atoms with E-state index in [2.05, 4.69) is 76.2 Å². The van der Waals surface area contributed by atoms with Gasteiger partial charge in [0, 0.05) is 6.42 Å². The van der Waals surface area contributed by atoms with Crippen molar-refractivity contribution in [2.24, 2.45) is 5.92 Å². The van der Waals surface area contributed by atoms with Crippen LogP contribution in [0.15, 0.2) is 36.5 Å². The standard InChI is InChI=1S/C37H69NO2/c1-6-9-12-15-18-21-23-26-30-35(31-27-24-22-19-16-13-10-7-2)36(32-28-25-20-17-14-11-8-3)40-37(39)33-29-34-38(4)5/h20-25,35-36H,6-19,26-34H2,1-5H3/b23-21+,24-22+,25-20+. The maximum atomic E-state index is 12.9. The molecule has 0 spiro atoms. The van der Waals surface area contributed by atoms with Crippen LogP contribution in [0.4, 0.5) is 0 Å². The number of allylic oxidation sites excluding steroid dienone is 6. The fourth-order valence-electron chi connectivity index (χ4n) is 5.15. The summed E-state index contributed by atoms with van der Waals surface area (Å²) in [6.45, 7) is 7.72. The van der Waals surface area contributed by atoms with Crippen molar-refractivity contribution >= 4 is 5.97 Å². The molecule has 0 fully saturated rings. The number of unbranched alkanes of at least 4 members (excludes halogenated alkanes) is 11. The van der Waals surface area contributed by atoms with Crippen LogP contribution in [0.5, 0.6) is 0 Å². The summed E-state index contributed by atoms with van der Waals surface area (Å²) >= 11 is 0. The molecule has 0 N–H and O–H groups in total. The van der Waals surface area contributed by atoms with Crippen molar-refractivity contribution in [1.82, 2.24) is 4.90 Å². The molecule has 0 aliphatic carbocycles. The molecule has 0 heterocycles.